The number of aromatic nitrogens is 3. The zero-order valence-electron chi connectivity index (χ0n) is 17.0. The molecule has 31 heavy (non-hydrogen) atoms. The highest BCUT2D eigenvalue weighted by molar-refractivity contribution is 7.98. The fraction of sp³-hybridized carbons (Fsp3) is 0.0741. The Morgan fingerprint density at radius 1 is 0.645 bits per heavy atom. The van der Waals surface area contributed by atoms with Gasteiger partial charge in [-0.15, -0.1) is 11.8 Å². The maximum atomic E-state index is 4.71. The van der Waals surface area contributed by atoms with Gasteiger partial charge in [0.1, 0.15) is 0 Å². The van der Waals surface area contributed by atoms with Crippen LogP contribution in [0.1, 0.15) is 16.7 Å². The Labute approximate surface area is 186 Å². The van der Waals surface area contributed by atoms with Gasteiger partial charge in [0.05, 0.1) is 5.52 Å². The standard InChI is InChI=1S/C27H21N3S/c1-3-21(19-31-25-8-13-29-14-9-25)16-23(4-1)26-18-22(15-20-6-11-28-12-7-20)17-24-5-2-10-30-27(24)26/h1-14,16-18H,15,19H2. The Morgan fingerprint density at radius 3 is 2.29 bits per heavy atom. The molecule has 0 aliphatic rings. The van der Waals surface area contributed by atoms with Gasteiger partial charge in [-0.25, -0.2) is 0 Å². The molecule has 5 rings (SSSR count). The summed E-state index contributed by atoms with van der Waals surface area (Å²) in [7, 11) is 0. The monoisotopic (exact) mass is 419 g/mol. The summed E-state index contributed by atoms with van der Waals surface area (Å²) in [5.74, 6) is 0.917. The average molecular weight is 420 g/mol. The third kappa shape index (κ3) is 4.65. The second-order valence-corrected chi connectivity index (χ2v) is 8.47. The first-order chi connectivity index (χ1) is 15.3. The Balaban J connectivity index is 1.50. The molecule has 150 valence electrons. The maximum absolute atomic E-state index is 4.71. The highest BCUT2D eigenvalue weighted by Gasteiger charge is 2.09. The second kappa shape index (κ2) is 9.11. The van der Waals surface area contributed by atoms with Gasteiger partial charge in [-0.3, -0.25) is 15.0 Å². The molecule has 0 saturated carbocycles. The fourth-order valence-corrected chi connectivity index (χ4v) is 4.57. The molecule has 0 aliphatic heterocycles. The van der Waals surface area contributed by atoms with Crippen molar-refractivity contribution in [3.05, 3.63) is 120 Å². The van der Waals surface area contributed by atoms with Crippen LogP contribution in [-0.4, -0.2) is 15.0 Å². The Morgan fingerprint density at radius 2 is 1.45 bits per heavy atom. The predicted molar refractivity (Wildman–Crippen MR) is 128 cm³/mol. The zero-order chi connectivity index (χ0) is 20.9. The first kappa shape index (κ1) is 19.5. The van der Waals surface area contributed by atoms with Crippen molar-refractivity contribution in [1.29, 1.82) is 0 Å². The van der Waals surface area contributed by atoms with Gasteiger partial charge in [0, 0.05) is 52.6 Å². The molecule has 2 aromatic carbocycles. The number of thioether (sulfide) groups is 1. The second-order valence-electron chi connectivity index (χ2n) is 7.42. The molecular weight excluding hydrogens is 398 g/mol. The number of nitrogens with zero attached hydrogens (tertiary/aromatic N) is 3. The van der Waals surface area contributed by atoms with Crippen LogP contribution in [0, 0.1) is 0 Å². The SMILES string of the molecule is c1cc(CSc2ccncc2)cc(-c2cc(Cc3ccncc3)cc3cccnc23)c1. The van der Waals surface area contributed by atoms with Crippen LogP contribution in [0.15, 0.2) is 109 Å². The molecule has 0 aliphatic carbocycles. The van der Waals surface area contributed by atoms with Gasteiger partial charge in [-0.2, -0.15) is 0 Å². The minimum Gasteiger partial charge on any atom is -0.265 e. The van der Waals surface area contributed by atoms with Gasteiger partial charge in [0.2, 0.25) is 0 Å². The summed E-state index contributed by atoms with van der Waals surface area (Å²) >= 11 is 1.82. The molecule has 0 saturated heterocycles. The van der Waals surface area contributed by atoms with Gasteiger partial charge in [0.15, 0.2) is 0 Å². The van der Waals surface area contributed by atoms with E-state index in [0.29, 0.717) is 0 Å². The third-order valence-corrected chi connectivity index (χ3v) is 6.30. The Hall–Kier alpha value is -3.50. The lowest BCUT2D eigenvalue weighted by Crippen LogP contribution is -1.93. The summed E-state index contributed by atoms with van der Waals surface area (Å²) in [6.07, 6.45) is 10.1. The van der Waals surface area contributed by atoms with Crippen molar-refractivity contribution in [2.45, 2.75) is 17.1 Å². The van der Waals surface area contributed by atoms with Crippen LogP contribution < -0.4 is 0 Å². The van der Waals surface area contributed by atoms with E-state index in [2.05, 4.69) is 76.7 Å². The van der Waals surface area contributed by atoms with Crippen LogP contribution in [0.3, 0.4) is 0 Å². The quantitative estimate of drug-likeness (QED) is 0.292. The van der Waals surface area contributed by atoms with Crippen LogP contribution in [0.25, 0.3) is 22.0 Å². The fourth-order valence-electron chi connectivity index (χ4n) is 3.74. The summed E-state index contributed by atoms with van der Waals surface area (Å²) in [5.41, 5.74) is 7.25. The number of rotatable bonds is 6. The molecule has 3 heterocycles. The molecule has 0 fully saturated rings. The molecule has 0 atom stereocenters. The largest absolute Gasteiger partial charge is 0.265 e. The molecule has 0 radical (unpaired) electrons. The van der Waals surface area contributed by atoms with Crippen LogP contribution in [0.4, 0.5) is 0 Å². The van der Waals surface area contributed by atoms with Crippen molar-refractivity contribution in [2.24, 2.45) is 0 Å². The van der Waals surface area contributed by atoms with E-state index in [0.717, 1.165) is 17.7 Å². The van der Waals surface area contributed by atoms with E-state index < -0.39 is 0 Å². The molecule has 5 aromatic rings. The maximum Gasteiger partial charge on any atom is 0.0780 e. The predicted octanol–water partition coefficient (Wildman–Crippen LogP) is 6.57. The van der Waals surface area contributed by atoms with E-state index in [1.54, 1.807) is 0 Å². The molecular formula is C27H21N3S. The lowest BCUT2D eigenvalue weighted by molar-refractivity contribution is 1.17. The number of benzene rings is 2. The molecule has 0 amide bonds. The molecule has 0 bridgehead atoms. The summed E-state index contributed by atoms with van der Waals surface area (Å²) in [6, 6.07) is 25.7. The Bertz CT molecular complexity index is 1300. The van der Waals surface area contributed by atoms with Gasteiger partial charge in [-0.1, -0.05) is 30.3 Å². The van der Waals surface area contributed by atoms with Crippen molar-refractivity contribution >= 4 is 22.7 Å². The summed E-state index contributed by atoms with van der Waals surface area (Å²) in [6.45, 7) is 0. The van der Waals surface area contributed by atoms with Crippen LogP contribution in [-0.2, 0) is 12.2 Å². The molecule has 3 nitrogen and oxygen atoms in total. The van der Waals surface area contributed by atoms with Gasteiger partial charge in [-0.05, 0) is 71.1 Å². The van der Waals surface area contributed by atoms with E-state index in [1.165, 1.54) is 38.1 Å². The topological polar surface area (TPSA) is 38.7 Å². The minimum absolute atomic E-state index is 0.873. The molecule has 0 N–H and O–H groups in total. The Kier molecular flexibility index (Phi) is 5.72. The highest BCUT2D eigenvalue weighted by Crippen LogP contribution is 2.31. The lowest BCUT2D eigenvalue weighted by Gasteiger charge is -2.12. The number of hydrogen-bond donors (Lipinski definition) is 0. The van der Waals surface area contributed by atoms with E-state index >= 15 is 0 Å². The van der Waals surface area contributed by atoms with Crippen molar-refractivity contribution in [3.63, 3.8) is 0 Å². The van der Waals surface area contributed by atoms with Gasteiger partial charge in [0.25, 0.3) is 0 Å². The van der Waals surface area contributed by atoms with Crippen molar-refractivity contribution in [2.75, 3.05) is 0 Å². The zero-order valence-corrected chi connectivity index (χ0v) is 17.8. The van der Waals surface area contributed by atoms with Crippen molar-refractivity contribution in [1.82, 2.24) is 15.0 Å². The lowest BCUT2D eigenvalue weighted by atomic mass is 9.95. The van der Waals surface area contributed by atoms with E-state index in [9.17, 15) is 0 Å². The smallest absolute Gasteiger partial charge is 0.0780 e. The summed E-state index contributed by atoms with van der Waals surface area (Å²) < 4.78 is 0. The van der Waals surface area contributed by atoms with Gasteiger partial charge < -0.3 is 0 Å². The molecule has 3 aromatic heterocycles. The number of hydrogen-bond acceptors (Lipinski definition) is 4. The first-order valence-electron chi connectivity index (χ1n) is 10.2. The minimum atomic E-state index is 0.873. The first-order valence-corrected chi connectivity index (χ1v) is 11.2. The number of pyridine rings is 3. The molecule has 4 heteroatoms. The van der Waals surface area contributed by atoms with E-state index in [1.807, 2.05) is 48.8 Å². The summed E-state index contributed by atoms with van der Waals surface area (Å²) in [4.78, 5) is 14.2. The van der Waals surface area contributed by atoms with E-state index in [-0.39, 0.29) is 0 Å². The van der Waals surface area contributed by atoms with Crippen molar-refractivity contribution in [3.8, 4) is 11.1 Å². The molecule has 0 unspecified atom stereocenters. The average Bonchev–Trinajstić information content (AvgIpc) is 2.84. The van der Waals surface area contributed by atoms with Crippen molar-refractivity contribution < 1.29 is 0 Å². The molecule has 0 spiro atoms. The van der Waals surface area contributed by atoms with Crippen LogP contribution in [0.5, 0.6) is 0 Å². The third-order valence-electron chi connectivity index (χ3n) is 5.22. The van der Waals surface area contributed by atoms with Crippen LogP contribution in [0.2, 0.25) is 0 Å². The summed E-state index contributed by atoms with van der Waals surface area (Å²) in [5, 5.41) is 1.17. The highest BCUT2D eigenvalue weighted by atomic mass is 32.2. The number of fused-ring (bicyclic) bond motifs is 1. The normalized spacial score (nSPS) is 11.0. The van der Waals surface area contributed by atoms with Gasteiger partial charge >= 0.3 is 0 Å². The van der Waals surface area contributed by atoms with E-state index in [4.69, 9.17) is 4.98 Å². The van der Waals surface area contributed by atoms with Crippen LogP contribution >= 0.6 is 11.8 Å².